The van der Waals surface area contributed by atoms with Crippen LogP contribution in [0.2, 0.25) is 0 Å². The van der Waals surface area contributed by atoms with Gasteiger partial charge in [0, 0.05) is 37.7 Å². The Morgan fingerprint density at radius 2 is 1.63 bits per heavy atom. The molecule has 220 valence electrons. The highest BCUT2D eigenvalue weighted by atomic mass is 32.2. The Kier molecular flexibility index (Phi) is 9.87. The zero-order valence-electron chi connectivity index (χ0n) is 23.7. The van der Waals surface area contributed by atoms with Gasteiger partial charge in [-0.05, 0) is 48.2 Å². The standard InChI is InChI=1S/C32H40N2O6S/c1-23-30(20-34-18-6-7-28(34)22-38-2)39-32(40-31(23)26-14-12-25(21-35)13-15-26)27-16-10-24(11-17-27)19-33-41(36,37)29-8-4-3-5-9-29/h3-5,8-17,23,28,30-33,35H,6-7,18-22H2,1-2H3/t23-,28+,30+,31+,32+/m1/s1. The van der Waals surface area contributed by atoms with Crippen LogP contribution >= 0.6 is 0 Å². The Balaban J connectivity index is 1.32. The first-order chi connectivity index (χ1) is 19.9. The van der Waals surface area contributed by atoms with Gasteiger partial charge in [0.15, 0.2) is 6.29 Å². The third kappa shape index (κ3) is 7.24. The van der Waals surface area contributed by atoms with E-state index in [1.807, 2.05) is 48.5 Å². The Hall–Kier alpha value is -2.63. The fraction of sp³-hybridized carbons (Fsp3) is 0.438. The molecule has 0 spiro atoms. The van der Waals surface area contributed by atoms with E-state index in [1.54, 1.807) is 37.4 Å². The summed E-state index contributed by atoms with van der Waals surface area (Å²) in [5.41, 5.74) is 3.63. The highest BCUT2D eigenvalue weighted by molar-refractivity contribution is 7.89. The summed E-state index contributed by atoms with van der Waals surface area (Å²) in [5.74, 6) is 0.0988. The molecule has 3 aromatic rings. The zero-order chi connectivity index (χ0) is 28.8. The lowest BCUT2D eigenvalue weighted by Crippen LogP contribution is -2.46. The van der Waals surface area contributed by atoms with Gasteiger partial charge in [-0.3, -0.25) is 4.90 Å². The molecule has 2 fully saturated rings. The number of hydrogen-bond donors (Lipinski definition) is 2. The van der Waals surface area contributed by atoms with Gasteiger partial charge in [0.05, 0.1) is 30.3 Å². The molecule has 0 amide bonds. The lowest BCUT2D eigenvalue weighted by molar-refractivity contribution is -0.276. The molecule has 9 heteroatoms. The third-order valence-corrected chi connectivity index (χ3v) is 9.58. The molecule has 2 heterocycles. The van der Waals surface area contributed by atoms with E-state index in [0.717, 1.165) is 48.2 Å². The molecule has 2 saturated heterocycles. The predicted octanol–water partition coefficient (Wildman–Crippen LogP) is 4.56. The van der Waals surface area contributed by atoms with Gasteiger partial charge in [-0.15, -0.1) is 0 Å². The van der Waals surface area contributed by atoms with Crippen molar-refractivity contribution in [3.05, 3.63) is 101 Å². The van der Waals surface area contributed by atoms with Gasteiger partial charge in [-0.2, -0.15) is 0 Å². The second kappa shape index (κ2) is 13.6. The quantitative estimate of drug-likeness (QED) is 0.343. The van der Waals surface area contributed by atoms with Crippen LogP contribution in [0.4, 0.5) is 0 Å². The highest BCUT2D eigenvalue weighted by Gasteiger charge is 2.40. The van der Waals surface area contributed by atoms with Gasteiger partial charge >= 0.3 is 0 Å². The zero-order valence-corrected chi connectivity index (χ0v) is 24.5. The highest BCUT2D eigenvalue weighted by Crippen LogP contribution is 2.42. The van der Waals surface area contributed by atoms with Crippen LogP contribution in [0.1, 0.15) is 54.4 Å². The molecule has 8 nitrogen and oxygen atoms in total. The number of methoxy groups -OCH3 is 1. The number of aliphatic hydroxyl groups is 1. The summed E-state index contributed by atoms with van der Waals surface area (Å²) < 4.78 is 46.6. The minimum absolute atomic E-state index is 0.000574. The van der Waals surface area contributed by atoms with Crippen molar-refractivity contribution in [3.8, 4) is 0 Å². The average Bonchev–Trinajstić information content (AvgIpc) is 3.44. The summed E-state index contributed by atoms with van der Waals surface area (Å²) in [6.07, 6.45) is 1.45. The largest absolute Gasteiger partial charge is 0.392 e. The molecule has 5 atom stereocenters. The van der Waals surface area contributed by atoms with E-state index in [9.17, 15) is 13.5 Å². The summed E-state index contributed by atoms with van der Waals surface area (Å²) in [6, 6.07) is 24.4. The lowest BCUT2D eigenvalue weighted by Gasteiger charge is -2.43. The van der Waals surface area contributed by atoms with E-state index in [2.05, 4.69) is 16.5 Å². The summed E-state index contributed by atoms with van der Waals surface area (Å²) in [7, 11) is -1.84. The first-order valence-corrected chi connectivity index (χ1v) is 15.7. The van der Waals surface area contributed by atoms with Crippen LogP contribution in [-0.2, 0) is 37.4 Å². The first-order valence-electron chi connectivity index (χ1n) is 14.2. The van der Waals surface area contributed by atoms with Gasteiger partial charge < -0.3 is 19.3 Å². The predicted molar refractivity (Wildman–Crippen MR) is 156 cm³/mol. The molecule has 3 aromatic carbocycles. The smallest absolute Gasteiger partial charge is 0.240 e. The van der Waals surface area contributed by atoms with E-state index in [0.29, 0.717) is 12.6 Å². The molecular weight excluding hydrogens is 540 g/mol. The third-order valence-electron chi connectivity index (χ3n) is 8.17. The Morgan fingerprint density at radius 1 is 0.951 bits per heavy atom. The van der Waals surface area contributed by atoms with Crippen molar-refractivity contribution in [2.24, 2.45) is 5.92 Å². The number of nitrogens with one attached hydrogen (secondary N) is 1. The van der Waals surface area contributed by atoms with Crippen molar-refractivity contribution in [2.45, 2.75) is 62.4 Å². The van der Waals surface area contributed by atoms with Crippen LogP contribution in [0.25, 0.3) is 0 Å². The van der Waals surface area contributed by atoms with Gasteiger partial charge in [-0.25, -0.2) is 13.1 Å². The van der Waals surface area contributed by atoms with E-state index >= 15 is 0 Å². The van der Waals surface area contributed by atoms with Crippen molar-refractivity contribution >= 4 is 10.0 Å². The van der Waals surface area contributed by atoms with E-state index < -0.39 is 16.3 Å². The van der Waals surface area contributed by atoms with Gasteiger partial charge in [0.2, 0.25) is 10.0 Å². The molecule has 41 heavy (non-hydrogen) atoms. The Bertz CT molecular complexity index is 1350. The van der Waals surface area contributed by atoms with Crippen LogP contribution in [0.5, 0.6) is 0 Å². The molecule has 0 aliphatic carbocycles. The van der Waals surface area contributed by atoms with Crippen LogP contribution < -0.4 is 4.72 Å². The van der Waals surface area contributed by atoms with Crippen molar-refractivity contribution in [2.75, 3.05) is 26.8 Å². The summed E-state index contributed by atoms with van der Waals surface area (Å²) in [6.45, 7) is 4.88. The summed E-state index contributed by atoms with van der Waals surface area (Å²) in [5, 5.41) is 9.51. The SMILES string of the molecule is COC[C@@H]1CCCN1C[C@@H]1O[C@H](c2ccc(CNS(=O)(=O)c3ccccc3)cc2)O[C@H](c2ccc(CO)cc2)[C@@H]1C. The fourth-order valence-corrected chi connectivity index (χ4v) is 6.77. The Labute approximate surface area is 243 Å². The maximum Gasteiger partial charge on any atom is 0.240 e. The van der Waals surface area contributed by atoms with Gasteiger partial charge in [0.25, 0.3) is 0 Å². The van der Waals surface area contributed by atoms with Gasteiger partial charge in [-0.1, -0.05) is 73.7 Å². The van der Waals surface area contributed by atoms with Crippen LogP contribution in [0.3, 0.4) is 0 Å². The lowest BCUT2D eigenvalue weighted by atomic mass is 9.90. The molecule has 2 aliphatic rings. The fourth-order valence-electron chi connectivity index (χ4n) is 5.73. The second-order valence-electron chi connectivity index (χ2n) is 10.9. The molecule has 0 unspecified atom stereocenters. The van der Waals surface area contributed by atoms with E-state index in [-0.39, 0.29) is 36.2 Å². The number of aliphatic hydroxyl groups excluding tert-OH is 1. The summed E-state index contributed by atoms with van der Waals surface area (Å²) in [4.78, 5) is 2.71. The molecule has 5 rings (SSSR count). The van der Waals surface area contributed by atoms with Crippen LogP contribution in [-0.4, -0.2) is 57.4 Å². The minimum Gasteiger partial charge on any atom is -0.392 e. The van der Waals surface area contributed by atoms with Crippen molar-refractivity contribution < 1.29 is 27.7 Å². The number of nitrogens with zero attached hydrogens (tertiary/aromatic N) is 1. The number of ether oxygens (including phenoxy) is 3. The average molecular weight is 581 g/mol. The summed E-state index contributed by atoms with van der Waals surface area (Å²) >= 11 is 0. The van der Waals surface area contributed by atoms with Crippen molar-refractivity contribution in [3.63, 3.8) is 0 Å². The topological polar surface area (TPSA) is 97.3 Å². The number of rotatable bonds is 11. The minimum atomic E-state index is -3.59. The maximum atomic E-state index is 12.6. The van der Waals surface area contributed by atoms with Gasteiger partial charge in [0.1, 0.15) is 0 Å². The van der Waals surface area contributed by atoms with Crippen LogP contribution in [0, 0.1) is 5.92 Å². The van der Waals surface area contributed by atoms with Crippen molar-refractivity contribution in [1.29, 1.82) is 0 Å². The molecular formula is C32H40N2O6S. The monoisotopic (exact) mass is 580 g/mol. The number of likely N-dealkylation sites (tertiary alicyclic amines) is 1. The number of hydrogen-bond acceptors (Lipinski definition) is 7. The van der Waals surface area contributed by atoms with Crippen molar-refractivity contribution in [1.82, 2.24) is 9.62 Å². The maximum absolute atomic E-state index is 12.6. The Morgan fingerprint density at radius 3 is 2.32 bits per heavy atom. The number of sulfonamides is 1. The molecule has 2 aliphatic heterocycles. The molecule has 0 aromatic heterocycles. The molecule has 0 saturated carbocycles. The van der Waals surface area contributed by atoms with E-state index in [1.165, 1.54) is 0 Å². The first kappa shape index (κ1) is 29.8. The number of benzene rings is 3. The second-order valence-corrected chi connectivity index (χ2v) is 12.7. The van der Waals surface area contributed by atoms with E-state index in [4.69, 9.17) is 14.2 Å². The molecule has 0 radical (unpaired) electrons. The molecule has 0 bridgehead atoms. The van der Waals surface area contributed by atoms with Crippen LogP contribution in [0.15, 0.2) is 83.8 Å². The molecule has 2 N–H and O–H groups in total. The normalized spacial score (nSPS) is 25.4.